The molecule has 0 amide bonds. The maximum absolute atomic E-state index is 5.05. The summed E-state index contributed by atoms with van der Waals surface area (Å²) in [5, 5.41) is 0. The predicted octanol–water partition coefficient (Wildman–Crippen LogP) is 2.34. The first-order valence-corrected chi connectivity index (χ1v) is 5.05. The molecule has 1 fully saturated rings. The van der Waals surface area contributed by atoms with Gasteiger partial charge in [-0.25, -0.2) is 5.90 Å². The van der Waals surface area contributed by atoms with Gasteiger partial charge in [0.15, 0.2) is 0 Å². The van der Waals surface area contributed by atoms with Crippen molar-refractivity contribution < 1.29 is 4.84 Å². The van der Waals surface area contributed by atoms with Crippen LogP contribution < -0.4 is 5.90 Å². The molecule has 0 atom stereocenters. The molecule has 0 heterocycles. The van der Waals surface area contributed by atoms with E-state index in [1.807, 2.05) is 0 Å². The van der Waals surface area contributed by atoms with Gasteiger partial charge in [0.05, 0.1) is 6.61 Å². The fourth-order valence-electron chi connectivity index (χ4n) is 2.16. The molecule has 1 aliphatic rings. The predicted molar refractivity (Wildman–Crippen MR) is 50.4 cm³/mol. The highest BCUT2D eigenvalue weighted by atomic mass is 16.6. The van der Waals surface area contributed by atoms with E-state index in [4.69, 9.17) is 5.90 Å². The second-order valence-corrected chi connectivity index (χ2v) is 4.36. The lowest BCUT2D eigenvalue weighted by Crippen LogP contribution is -2.22. The third-order valence-corrected chi connectivity index (χ3v) is 3.17. The minimum Gasteiger partial charge on any atom is -0.304 e. The first-order chi connectivity index (χ1) is 5.74. The van der Waals surface area contributed by atoms with Crippen molar-refractivity contribution in [2.45, 2.75) is 39.5 Å². The Bertz CT molecular complexity index is 117. The van der Waals surface area contributed by atoms with Crippen LogP contribution in [-0.4, -0.2) is 6.61 Å². The average Bonchev–Trinajstić information content (AvgIpc) is 2.06. The van der Waals surface area contributed by atoms with Crippen molar-refractivity contribution in [1.82, 2.24) is 0 Å². The first-order valence-electron chi connectivity index (χ1n) is 5.05. The number of nitrogens with two attached hydrogens (primary N) is 1. The maximum Gasteiger partial charge on any atom is 0.0707 e. The summed E-state index contributed by atoms with van der Waals surface area (Å²) in [6, 6.07) is 0. The van der Waals surface area contributed by atoms with E-state index in [0.29, 0.717) is 0 Å². The van der Waals surface area contributed by atoms with Crippen LogP contribution in [0.5, 0.6) is 0 Å². The van der Waals surface area contributed by atoms with Crippen LogP contribution in [0, 0.1) is 17.8 Å². The molecule has 0 unspecified atom stereocenters. The van der Waals surface area contributed by atoms with E-state index in [2.05, 4.69) is 18.7 Å². The molecule has 0 radical (unpaired) electrons. The standard InChI is InChI=1S/C10H21NO/c1-8(2)10-5-3-9(4-6-10)7-12-11/h8-10H,3-7,11H2,1-2H3. The van der Waals surface area contributed by atoms with E-state index in [-0.39, 0.29) is 0 Å². The average molecular weight is 171 g/mol. The van der Waals surface area contributed by atoms with Crippen molar-refractivity contribution in [3.05, 3.63) is 0 Å². The molecule has 1 rings (SSSR count). The van der Waals surface area contributed by atoms with Crippen LogP contribution >= 0.6 is 0 Å². The molecule has 1 saturated carbocycles. The molecule has 0 bridgehead atoms. The van der Waals surface area contributed by atoms with Crippen molar-refractivity contribution in [3.8, 4) is 0 Å². The first kappa shape index (κ1) is 10.0. The molecule has 0 aromatic carbocycles. The molecule has 2 heteroatoms. The van der Waals surface area contributed by atoms with E-state index in [1.165, 1.54) is 25.7 Å². The summed E-state index contributed by atoms with van der Waals surface area (Å²) in [5.41, 5.74) is 0. The summed E-state index contributed by atoms with van der Waals surface area (Å²) in [6.07, 6.45) is 5.34. The number of hydrogen-bond acceptors (Lipinski definition) is 2. The molecule has 2 nitrogen and oxygen atoms in total. The van der Waals surface area contributed by atoms with Gasteiger partial charge in [-0.2, -0.15) is 0 Å². The van der Waals surface area contributed by atoms with Gasteiger partial charge in [-0.05, 0) is 43.4 Å². The summed E-state index contributed by atoms with van der Waals surface area (Å²) in [5.74, 6) is 7.58. The lowest BCUT2D eigenvalue weighted by atomic mass is 9.77. The van der Waals surface area contributed by atoms with Crippen LogP contribution in [0.4, 0.5) is 0 Å². The van der Waals surface area contributed by atoms with Crippen LogP contribution in [0.15, 0.2) is 0 Å². The Kier molecular flexibility index (Phi) is 4.02. The monoisotopic (exact) mass is 171 g/mol. The molecule has 0 aromatic heterocycles. The molecule has 72 valence electrons. The van der Waals surface area contributed by atoms with E-state index in [1.54, 1.807) is 0 Å². The summed E-state index contributed by atoms with van der Waals surface area (Å²) in [6.45, 7) is 5.40. The van der Waals surface area contributed by atoms with Gasteiger partial charge in [0, 0.05) is 0 Å². The van der Waals surface area contributed by atoms with Crippen molar-refractivity contribution in [1.29, 1.82) is 0 Å². The van der Waals surface area contributed by atoms with Gasteiger partial charge in [0.1, 0.15) is 0 Å². The Morgan fingerprint density at radius 1 is 1.25 bits per heavy atom. The molecular formula is C10H21NO. The molecule has 0 aromatic rings. The minimum atomic E-state index is 0.727. The van der Waals surface area contributed by atoms with Gasteiger partial charge >= 0.3 is 0 Å². The highest BCUT2D eigenvalue weighted by molar-refractivity contribution is 4.73. The van der Waals surface area contributed by atoms with Crippen LogP contribution in [0.1, 0.15) is 39.5 Å². The van der Waals surface area contributed by atoms with Crippen LogP contribution in [0.25, 0.3) is 0 Å². The molecule has 0 aliphatic heterocycles. The quantitative estimate of drug-likeness (QED) is 0.661. The highest BCUT2D eigenvalue weighted by Crippen LogP contribution is 2.32. The second-order valence-electron chi connectivity index (χ2n) is 4.36. The Labute approximate surface area is 75.4 Å². The van der Waals surface area contributed by atoms with Gasteiger partial charge in [-0.15, -0.1) is 0 Å². The SMILES string of the molecule is CC(C)C1CCC(CON)CC1. The zero-order valence-corrected chi connectivity index (χ0v) is 8.25. The van der Waals surface area contributed by atoms with E-state index in [9.17, 15) is 0 Å². The van der Waals surface area contributed by atoms with E-state index < -0.39 is 0 Å². The zero-order chi connectivity index (χ0) is 8.97. The van der Waals surface area contributed by atoms with Crippen LogP contribution in [0.3, 0.4) is 0 Å². The Hall–Kier alpha value is -0.0800. The summed E-state index contributed by atoms with van der Waals surface area (Å²) in [7, 11) is 0. The van der Waals surface area contributed by atoms with Gasteiger partial charge in [0.25, 0.3) is 0 Å². The second kappa shape index (κ2) is 4.83. The van der Waals surface area contributed by atoms with Crippen molar-refractivity contribution in [3.63, 3.8) is 0 Å². The lowest BCUT2D eigenvalue weighted by Gasteiger charge is -2.30. The summed E-state index contributed by atoms with van der Waals surface area (Å²) < 4.78 is 0. The molecule has 0 spiro atoms. The van der Waals surface area contributed by atoms with Crippen molar-refractivity contribution >= 4 is 0 Å². The van der Waals surface area contributed by atoms with Crippen molar-refractivity contribution in [2.24, 2.45) is 23.7 Å². The fourth-order valence-corrected chi connectivity index (χ4v) is 2.16. The van der Waals surface area contributed by atoms with E-state index in [0.717, 1.165) is 24.4 Å². The molecule has 2 N–H and O–H groups in total. The molecule has 0 saturated heterocycles. The largest absolute Gasteiger partial charge is 0.304 e. The Morgan fingerprint density at radius 2 is 1.83 bits per heavy atom. The minimum absolute atomic E-state index is 0.727. The number of rotatable bonds is 3. The Balaban J connectivity index is 2.20. The van der Waals surface area contributed by atoms with Gasteiger partial charge in [0.2, 0.25) is 0 Å². The fraction of sp³-hybridized carbons (Fsp3) is 1.00. The third-order valence-electron chi connectivity index (χ3n) is 3.17. The van der Waals surface area contributed by atoms with Gasteiger partial charge < -0.3 is 4.84 Å². The zero-order valence-electron chi connectivity index (χ0n) is 8.25. The Morgan fingerprint density at radius 3 is 2.25 bits per heavy atom. The topological polar surface area (TPSA) is 35.2 Å². The highest BCUT2D eigenvalue weighted by Gasteiger charge is 2.22. The van der Waals surface area contributed by atoms with Crippen LogP contribution in [-0.2, 0) is 4.84 Å². The normalized spacial score (nSPS) is 31.0. The lowest BCUT2D eigenvalue weighted by molar-refractivity contribution is 0.0738. The summed E-state index contributed by atoms with van der Waals surface area (Å²) in [4.78, 5) is 4.68. The molecule has 12 heavy (non-hydrogen) atoms. The smallest absolute Gasteiger partial charge is 0.0707 e. The maximum atomic E-state index is 5.05. The summed E-state index contributed by atoms with van der Waals surface area (Å²) >= 11 is 0. The molecule has 1 aliphatic carbocycles. The number of hydrogen-bond donors (Lipinski definition) is 1. The van der Waals surface area contributed by atoms with Crippen molar-refractivity contribution in [2.75, 3.05) is 6.61 Å². The third kappa shape index (κ3) is 2.76. The van der Waals surface area contributed by atoms with E-state index >= 15 is 0 Å². The van der Waals surface area contributed by atoms with Gasteiger partial charge in [-0.1, -0.05) is 13.8 Å². The van der Waals surface area contributed by atoms with Gasteiger partial charge in [-0.3, -0.25) is 0 Å². The van der Waals surface area contributed by atoms with Crippen LogP contribution in [0.2, 0.25) is 0 Å². The molecular weight excluding hydrogens is 150 g/mol.